The van der Waals surface area contributed by atoms with Crippen molar-refractivity contribution in [2.75, 3.05) is 37.0 Å². The van der Waals surface area contributed by atoms with Gasteiger partial charge < -0.3 is 4.90 Å². The molecule has 0 atom stereocenters. The number of carbonyl (C=O) groups excluding carboxylic acids is 3. The van der Waals surface area contributed by atoms with Gasteiger partial charge in [0.2, 0.25) is 11.8 Å². The highest BCUT2D eigenvalue weighted by molar-refractivity contribution is 9.10. The number of hydrogen-bond acceptors (Lipinski definition) is 6. The fraction of sp³-hybridized carbons (Fsp3) is 0.304. The third kappa shape index (κ3) is 5.60. The van der Waals surface area contributed by atoms with Gasteiger partial charge in [-0.25, -0.2) is 4.98 Å². The molecule has 1 aromatic heterocycles. The summed E-state index contributed by atoms with van der Waals surface area (Å²) in [6.07, 6.45) is 1.19. The van der Waals surface area contributed by atoms with Crippen LogP contribution >= 0.6 is 39.7 Å². The molecule has 0 aliphatic carbocycles. The van der Waals surface area contributed by atoms with Gasteiger partial charge in [0.1, 0.15) is 0 Å². The number of aromatic nitrogens is 1. The van der Waals surface area contributed by atoms with Crippen molar-refractivity contribution in [3.05, 3.63) is 52.5 Å². The molecule has 4 rings (SSSR count). The van der Waals surface area contributed by atoms with Crippen molar-refractivity contribution >= 4 is 78.4 Å². The molecule has 0 N–H and O–H groups in total. The van der Waals surface area contributed by atoms with E-state index in [-0.39, 0.29) is 43.0 Å². The van der Waals surface area contributed by atoms with Crippen LogP contribution in [0.3, 0.4) is 0 Å². The Kier molecular flexibility index (Phi) is 8.23. The number of hydrogen-bond donors (Lipinski definition) is 0. The molecule has 1 aliphatic rings. The van der Waals surface area contributed by atoms with E-state index >= 15 is 0 Å². The van der Waals surface area contributed by atoms with Crippen molar-refractivity contribution in [1.29, 1.82) is 0 Å². The second-order valence-corrected chi connectivity index (χ2v) is 9.82. The van der Waals surface area contributed by atoms with E-state index in [9.17, 15) is 14.4 Å². The number of nitrogens with zero attached hydrogens (tertiary/aromatic N) is 4. The average Bonchev–Trinajstić information content (AvgIpc) is 3.32. The minimum absolute atomic E-state index is 0. The average molecular weight is 552 g/mol. The normalized spacial score (nSPS) is 13.6. The number of imide groups is 1. The lowest BCUT2D eigenvalue weighted by Crippen LogP contribution is -2.34. The number of anilines is 2. The van der Waals surface area contributed by atoms with Crippen LogP contribution in [0.15, 0.2) is 46.9 Å². The SMILES string of the molecule is CN(C)CCCN(C(=O)c1cccc(N2C(=O)CCC2=O)c1)c1nc2ccc(Br)cc2s1.Cl. The first-order valence-corrected chi connectivity index (χ1v) is 11.9. The number of carbonyl (C=O) groups is 3. The molecular formula is C23H24BrClN4O3S. The van der Waals surface area contributed by atoms with Crippen molar-refractivity contribution < 1.29 is 14.4 Å². The first-order chi connectivity index (χ1) is 15.3. The van der Waals surface area contributed by atoms with Gasteiger partial charge >= 0.3 is 0 Å². The summed E-state index contributed by atoms with van der Waals surface area (Å²) in [4.78, 5) is 47.5. The van der Waals surface area contributed by atoms with Gasteiger partial charge in [0.25, 0.3) is 5.91 Å². The van der Waals surface area contributed by atoms with Crippen LogP contribution in [0, 0.1) is 0 Å². The lowest BCUT2D eigenvalue weighted by Gasteiger charge is -2.22. The lowest BCUT2D eigenvalue weighted by molar-refractivity contribution is -0.121. The summed E-state index contributed by atoms with van der Waals surface area (Å²) in [5.74, 6) is -0.679. The Hall–Kier alpha value is -2.33. The smallest absolute Gasteiger partial charge is 0.260 e. The highest BCUT2D eigenvalue weighted by Crippen LogP contribution is 2.32. The fourth-order valence-corrected chi connectivity index (χ4v) is 5.17. The van der Waals surface area contributed by atoms with Crippen LogP contribution in [0.25, 0.3) is 10.2 Å². The maximum absolute atomic E-state index is 13.6. The number of benzene rings is 2. The molecule has 3 amide bonds. The molecule has 0 radical (unpaired) electrons. The third-order valence-corrected chi connectivity index (χ3v) is 6.74. The van der Waals surface area contributed by atoms with E-state index in [2.05, 4.69) is 20.8 Å². The Morgan fingerprint density at radius 3 is 2.52 bits per heavy atom. The molecule has 3 aromatic rings. The zero-order chi connectivity index (χ0) is 22.8. The van der Waals surface area contributed by atoms with Gasteiger partial charge in [-0.2, -0.15) is 0 Å². The van der Waals surface area contributed by atoms with E-state index in [0.717, 1.165) is 27.7 Å². The quantitative estimate of drug-likeness (QED) is 0.397. The van der Waals surface area contributed by atoms with Crippen LogP contribution < -0.4 is 9.80 Å². The van der Waals surface area contributed by atoms with E-state index in [4.69, 9.17) is 4.98 Å². The fourth-order valence-electron chi connectivity index (χ4n) is 3.63. The molecule has 2 heterocycles. The summed E-state index contributed by atoms with van der Waals surface area (Å²) in [7, 11) is 3.99. The molecule has 1 fully saturated rings. The Morgan fingerprint density at radius 2 is 1.82 bits per heavy atom. The Balaban J connectivity index is 0.00000306. The molecule has 0 spiro atoms. The van der Waals surface area contributed by atoms with Crippen LogP contribution in [0.4, 0.5) is 10.8 Å². The van der Waals surface area contributed by atoms with Crippen LogP contribution in [-0.2, 0) is 9.59 Å². The predicted molar refractivity (Wildman–Crippen MR) is 138 cm³/mol. The van der Waals surface area contributed by atoms with Gasteiger partial charge in [-0.05, 0) is 63.5 Å². The first-order valence-electron chi connectivity index (χ1n) is 10.3. The molecule has 2 aromatic carbocycles. The minimum Gasteiger partial charge on any atom is -0.309 e. The van der Waals surface area contributed by atoms with Crippen molar-refractivity contribution in [2.24, 2.45) is 0 Å². The van der Waals surface area contributed by atoms with Crippen LogP contribution in [0.5, 0.6) is 0 Å². The first kappa shape index (κ1) is 25.3. The van der Waals surface area contributed by atoms with Gasteiger partial charge in [-0.15, -0.1) is 12.4 Å². The summed E-state index contributed by atoms with van der Waals surface area (Å²) in [5, 5.41) is 0.626. The van der Waals surface area contributed by atoms with E-state index in [1.807, 2.05) is 32.3 Å². The Morgan fingerprint density at radius 1 is 1.09 bits per heavy atom. The lowest BCUT2D eigenvalue weighted by atomic mass is 10.1. The number of amides is 3. The largest absolute Gasteiger partial charge is 0.309 e. The molecule has 0 unspecified atom stereocenters. The monoisotopic (exact) mass is 550 g/mol. The highest BCUT2D eigenvalue weighted by atomic mass is 79.9. The third-order valence-electron chi connectivity index (χ3n) is 5.21. The van der Waals surface area contributed by atoms with Crippen LogP contribution in [0.1, 0.15) is 29.6 Å². The molecule has 33 heavy (non-hydrogen) atoms. The van der Waals surface area contributed by atoms with E-state index in [1.54, 1.807) is 29.2 Å². The number of halogens is 2. The summed E-state index contributed by atoms with van der Waals surface area (Å²) >= 11 is 4.95. The molecule has 1 saturated heterocycles. The maximum Gasteiger partial charge on any atom is 0.260 e. The molecule has 0 bridgehead atoms. The zero-order valence-electron chi connectivity index (χ0n) is 18.3. The number of thiazole rings is 1. The minimum atomic E-state index is -0.237. The summed E-state index contributed by atoms with van der Waals surface area (Å²) in [6, 6.07) is 12.6. The topological polar surface area (TPSA) is 73.8 Å². The van der Waals surface area contributed by atoms with Gasteiger partial charge in [-0.1, -0.05) is 33.3 Å². The second kappa shape index (κ2) is 10.7. The van der Waals surface area contributed by atoms with Crippen LogP contribution in [0.2, 0.25) is 0 Å². The van der Waals surface area contributed by atoms with Gasteiger partial charge in [-0.3, -0.25) is 24.2 Å². The van der Waals surface area contributed by atoms with E-state index in [1.165, 1.54) is 16.2 Å². The van der Waals surface area contributed by atoms with Crippen LogP contribution in [-0.4, -0.2) is 54.8 Å². The highest BCUT2D eigenvalue weighted by Gasteiger charge is 2.31. The number of rotatable bonds is 7. The zero-order valence-corrected chi connectivity index (χ0v) is 21.5. The van der Waals surface area contributed by atoms with E-state index < -0.39 is 0 Å². The maximum atomic E-state index is 13.6. The van der Waals surface area contributed by atoms with Crippen molar-refractivity contribution in [3.63, 3.8) is 0 Å². The van der Waals surface area contributed by atoms with Crippen molar-refractivity contribution in [3.8, 4) is 0 Å². The Bertz CT molecular complexity index is 1180. The van der Waals surface area contributed by atoms with Gasteiger partial charge in [0, 0.05) is 29.4 Å². The standard InChI is InChI=1S/C23H23BrN4O3S.ClH/c1-26(2)11-4-12-27(23-25-18-8-7-16(24)14-19(18)32-23)22(31)15-5-3-6-17(13-15)28-20(29)9-10-21(28)30;/h3,5-8,13-14H,4,9-12H2,1-2H3;1H. The number of fused-ring (bicyclic) bond motifs is 1. The van der Waals surface area contributed by atoms with Gasteiger partial charge in [0.05, 0.1) is 15.9 Å². The van der Waals surface area contributed by atoms with Crippen molar-refractivity contribution in [2.45, 2.75) is 19.3 Å². The molecule has 7 nitrogen and oxygen atoms in total. The molecule has 0 saturated carbocycles. The molecular weight excluding hydrogens is 528 g/mol. The molecule has 10 heteroatoms. The summed E-state index contributed by atoms with van der Waals surface area (Å²) in [6.45, 7) is 1.33. The van der Waals surface area contributed by atoms with Crippen molar-refractivity contribution in [1.82, 2.24) is 9.88 Å². The molecule has 174 valence electrons. The summed E-state index contributed by atoms with van der Waals surface area (Å²) < 4.78 is 1.94. The second-order valence-electron chi connectivity index (χ2n) is 7.90. The van der Waals surface area contributed by atoms with E-state index in [0.29, 0.717) is 22.9 Å². The summed E-state index contributed by atoms with van der Waals surface area (Å²) in [5.41, 5.74) is 1.69. The Labute approximate surface area is 210 Å². The predicted octanol–water partition coefficient (Wildman–Crippen LogP) is 4.73. The van der Waals surface area contributed by atoms with Gasteiger partial charge in [0.15, 0.2) is 5.13 Å². The molecule has 1 aliphatic heterocycles.